The summed E-state index contributed by atoms with van der Waals surface area (Å²) >= 11 is 5.58. The second-order valence-corrected chi connectivity index (χ2v) is 6.04. The van der Waals surface area contributed by atoms with Crippen molar-refractivity contribution in [3.63, 3.8) is 0 Å². The summed E-state index contributed by atoms with van der Waals surface area (Å²) in [5.41, 5.74) is -0.0351. The monoisotopic (exact) mass is 228 g/mol. The lowest BCUT2D eigenvalue weighted by atomic mass is 9.54. The fourth-order valence-corrected chi connectivity index (χ4v) is 4.30. The van der Waals surface area contributed by atoms with E-state index in [0.29, 0.717) is 0 Å². The molecule has 0 N–H and O–H groups in total. The molecule has 15 heavy (non-hydrogen) atoms. The smallest absolute Gasteiger partial charge is 0.224 e. The molecule has 0 atom stereocenters. The second-order valence-electron chi connectivity index (χ2n) is 5.62. The zero-order valence-corrected chi connectivity index (χ0v) is 9.63. The molecule has 84 valence electrons. The van der Waals surface area contributed by atoms with Crippen LogP contribution in [0.25, 0.3) is 0 Å². The Morgan fingerprint density at radius 2 is 1.53 bits per heavy atom. The summed E-state index contributed by atoms with van der Waals surface area (Å²) in [7, 11) is 0. The summed E-state index contributed by atoms with van der Waals surface area (Å²) in [6.07, 6.45) is 7.69. The lowest BCUT2D eigenvalue weighted by molar-refractivity contribution is -0.360. The van der Waals surface area contributed by atoms with E-state index in [9.17, 15) is 0 Å². The van der Waals surface area contributed by atoms with Crippen LogP contribution in [0.1, 0.15) is 38.5 Å². The topological polar surface area (TPSA) is 18.5 Å². The first-order valence-corrected chi connectivity index (χ1v) is 6.23. The quantitative estimate of drug-likeness (QED) is 0.417. The number of rotatable bonds is 3. The number of halogens is 1. The Kier molecular flexibility index (Phi) is 2.26. The highest BCUT2D eigenvalue weighted by Crippen LogP contribution is 2.57. The summed E-state index contributed by atoms with van der Waals surface area (Å²) in [6, 6.07) is 0. The van der Waals surface area contributed by atoms with Crippen LogP contribution in [0.5, 0.6) is 0 Å². The fraction of sp³-hybridized carbons (Fsp3) is 0.833. The molecule has 0 aromatic heterocycles. The van der Waals surface area contributed by atoms with Gasteiger partial charge in [-0.05, 0) is 74.5 Å². The minimum Gasteiger partial charge on any atom is -0.325 e. The lowest BCUT2D eigenvalue weighted by Crippen LogP contribution is -2.51. The number of hydrogen-bond acceptors (Lipinski definition) is 2. The van der Waals surface area contributed by atoms with Crippen molar-refractivity contribution in [2.24, 2.45) is 17.8 Å². The molecule has 0 aliphatic heterocycles. The molecule has 0 radical (unpaired) electrons. The maximum Gasteiger partial charge on any atom is 0.224 e. The Bertz CT molecular complexity index is 252. The van der Waals surface area contributed by atoms with Crippen molar-refractivity contribution < 1.29 is 9.78 Å². The molecule has 4 aliphatic rings. The molecule has 0 unspecified atom stereocenters. The van der Waals surface area contributed by atoms with E-state index in [2.05, 4.69) is 6.58 Å². The first-order valence-electron chi connectivity index (χ1n) is 5.85. The van der Waals surface area contributed by atoms with Gasteiger partial charge in [-0.1, -0.05) is 0 Å². The molecule has 4 fully saturated rings. The lowest BCUT2D eigenvalue weighted by Gasteiger charge is -2.54. The van der Waals surface area contributed by atoms with Crippen LogP contribution in [-0.4, -0.2) is 5.60 Å². The SMILES string of the molecule is C=C(Cl)OOC12CC3CC(CC(C3)C1)C2. The van der Waals surface area contributed by atoms with Crippen LogP contribution in [0.15, 0.2) is 11.8 Å². The van der Waals surface area contributed by atoms with E-state index in [1.165, 1.54) is 19.3 Å². The van der Waals surface area contributed by atoms with Gasteiger partial charge in [0.05, 0.1) is 0 Å². The molecule has 4 saturated carbocycles. The maximum absolute atomic E-state index is 5.58. The summed E-state index contributed by atoms with van der Waals surface area (Å²) in [4.78, 5) is 10.6. The van der Waals surface area contributed by atoms with E-state index in [0.717, 1.165) is 37.0 Å². The first-order chi connectivity index (χ1) is 7.15. The van der Waals surface area contributed by atoms with E-state index in [1.807, 2.05) is 0 Å². The zero-order chi connectivity index (χ0) is 10.5. The normalized spacial score (nSPS) is 46.9. The Balaban J connectivity index is 1.72. The minimum atomic E-state index is -0.0351. The van der Waals surface area contributed by atoms with Gasteiger partial charge in [-0.2, -0.15) is 4.89 Å². The highest BCUT2D eigenvalue weighted by atomic mass is 35.5. The van der Waals surface area contributed by atoms with E-state index >= 15 is 0 Å². The van der Waals surface area contributed by atoms with E-state index in [-0.39, 0.29) is 10.8 Å². The fourth-order valence-electron chi connectivity index (χ4n) is 4.27. The van der Waals surface area contributed by atoms with Gasteiger partial charge in [0, 0.05) is 0 Å². The van der Waals surface area contributed by atoms with Crippen LogP contribution < -0.4 is 0 Å². The molecular formula is C12H17ClO2. The Morgan fingerprint density at radius 1 is 1.07 bits per heavy atom. The molecule has 3 heteroatoms. The molecule has 2 nitrogen and oxygen atoms in total. The van der Waals surface area contributed by atoms with Gasteiger partial charge in [0.25, 0.3) is 0 Å². The largest absolute Gasteiger partial charge is 0.325 e. The average molecular weight is 229 g/mol. The van der Waals surface area contributed by atoms with Crippen LogP contribution in [-0.2, 0) is 9.78 Å². The van der Waals surface area contributed by atoms with E-state index < -0.39 is 0 Å². The second kappa shape index (κ2) is 3.39. The molecule has 4 aliphatic carbocycles. The Hall–Kier alpha value is -0.210. The zero-order valence-electron chi connectivity index (χ0n) is 8.88. The average Bonchev–Trinajstić information content (AvgIpc) is 2.12. The third kappa shape index (κ3) is 1.78. The molecule has 0 spiro atoms. The van der Waals surface area contributed by atoms with Gasteiger partial charge in [0.1, 0.15) is 5.60 Å². The summed E-state index contributed by atoms with van der Waals surface area (Å²) in [5.74, 6) is 2.59. The third-order valence-electron chi connectivity index (χ3n) is 4.29. The van der Waals surface area contributed by atoms with Crippen LogP contribution in [0, 0.1) is 17.8 Å². The Morgan fingerprint density at radius 3 is 1.93 bits per heavy atom. The van der Waals surface area contributed by atoms with Gasteiger partial charge in [-0.25, -0.2) is 0 Å². The van der Waals surface area contributed by atoms with Crippen molar-refractivity contribution in [1.29, 1.82) is 0 Å². The van der Waals surface area contributed by atoms with Crippen molar-refractivity contribution in [2.45, 2.75) is 44.1 Å². The van der Waals surface area contributed by atoms with Crippen LogP contribution in [0.2, 0.25) is 0 Å². The molecular weight excluding hydrogens is 212 g/mol. The van der Waals surface area contributed by atoms with Crippen molar-refractivity contribution in [2.75, 3.05) is 0 Å². The molecule has 0 amide bonds. The highest BCUT2D eigenvalue weighted by Gasteiger charge is 2.53. The maximum atomic E-state index is 5.58. The summed E-state index contributed by atoms with van der Waals surface area (Å²) < 4.78 is 0. The van der Waals surface area contributed by atoms with Crippen LogP contribution in [0.3, 0.4) is 0 Å². The molecule has 4 bridgehead atoms. The van der Waals surface area contributed by atoms with Gasteiger partial charge in [0.15, 0.2) is 0 Å². The number of hydrogen-bond donors (Lipinski definition) is 0. The van der Waals surface area contributed by atoms with Crippen LogP contribution >= 0.6 is 11.6 Å². The highest BCUT2D eigenvalue weighted by molar-refractivity contribution is 6.27. The molecule has 4 rings (SSSR count). The van der Waals surface area contributed by atoms with Gasteiger partial charge in [-0.3, -0.25) is 0 Å². The summed E-state index contributed by atoms with van der Waals surface area (Å²) in [5, 5.41) is 0.144. The van der Waals surface area contributed by atoms with Gasteiger partial charge in [-0.15, -0.1) is 0 Å². The van der Waals surface area contributed by atoms with Crippen molar-refractivity contribution >= 4 is 11.6 Å². The molecule has 0 saturated heterocycles. The van der Waals surface area contributed by atoms with E-state index in [4.69, 9.17) is 21.4 Å². The van der Waals surface area contributed by atoms with Gasteiger partial charge >= 0.3 is 0 Å². The third-order valence-corrected chi connectivity index (χ3v) is 4.35. The van der Waals surface area contributed by atoms with Gasteiger partial charge < -0.3 is 4.89 Å². The molecule has 0 aromatic carbocycles. The van der Waals surface area contributed by atoms with Gasteiger partial charge in [0.2, 0.25) is 5.22 Å². The predicted molar refractivity (Wildman–Crippen MR) is 58.1 cm³/mol. The molecule has 0 heterocycles. The molecule has 0 aromatic rings. The van der Waals surface area contributed by atoms with Crippen molar-refractivity contribution in [1.82, 2.24) is 0 Å². The summed E-state index contributed by atoms with van der Waals surface area (Å²) in [6.45, 7) is 3.49. The van der Waals surface area contributed by atoms with Crippen LogP contribution in [0.4, 0.5) is 0 Å². The van der Waals surface area contributed by atoms with Crippen molar-refractivity contribution in [3.8, 4) is 0 Å². The predicted octanol–water partition coefficient (Wildman–Crippen LogP) is 3.61. The van der Waals surface area contributed by atoms with E-state index in [1.54, 1.807) is 0 Å². The first kappa shape index (κ1) is 9.98. The van der Waals surface area contributed by atoms with Crippen molar-refractivity contribution in [3.05, 3.63) is 11.8 Å². The minimum absolute atomic E-state index is 0.0351. The standard InChI is InChI=1S/C12H17ClO2/c1-8(13)14-15-12-5-9-2-10(6-12)4-11(3-9)7-12/h9-11H,1-7H2. The Labute approximate surface area is 95.5 Å².